The number of hydrogen-bond acceptors (Lipinski definition) is 2. The summed E-state index contributed by atoms with van der Waals surface area (Å²) in [6.07, 6.45) is 0.742. The van der Waals surface area contributed by atoms with Crippen LogP contribution in [0, 0.1) is 5.82 Å². The Morgan fingerprint density at radius 3 is 2.55 bits per heavy atom. The molecule has 0 saturated carbocycles. The molecular weight excluding hydrogens is 473 g/mol. The summed E-state index contributed by atoms with van der Waals surface area (Å²) in [6.45, 7) is 2.94. The van der Waals surface area contributed by atoms with Crippen LogP contribution in [-0.2, 0) is 6.42 Å². The van der Waals surface area contributed by atoms with Gasteiger partial charge >= 0.3 is 0 Å². The Bertz CT molecular complexity index is 581. The third kappa shape index (κ3) is 4.13. The van der Waals surface area contributed by atoms with Crippen LogP contribution < -0.4 is 5.32 Å². The van der Waals surface area contributed by atoms with E-state index < -0.39 is 0 Å². The van der Waals surface area contributed by atoms with Gasteiger partial charge in [0, 0.05) is 19.9 Å². The molecule has 0 spiro atoms. The van der Waals surface area contributed by atoms with Crippen molar-refractivity contribution in [1.29, 1.82) is 0 Å². The second kappa shape index (κ2) is 7.49. The van der Waals surface area contributed by atoms with Crippen molar-refractivity contribution >= 4 is 59.1 Å². The highest BCUT2D eigenvalue weighted by Gasteiger charge is 2.17. The molecule has 20 heavy (non-hydrogen) atoms. The molecule has 0 amide bonds. The lowest BCUT2D eigenvalue weighted by molar-refractivity contribution is 0.553. The fraction of sp³-hybridized carbons (Fsp3) is 0.286. The normalized spacial score (nSPS) is 12.7. The topological polar surface area (TPSA) is 12.0 Å². The number of nitrogens with one attached hydrogen (secondary N) is 1. The summed E-state index contributed by atoms with van der Waals surface area (Å²) in [7, 11) is 0. The van der Waals surface area contributed by atoms with Crippen LogP contribution >= 0.6 is 59.1 Å². The van der Waals surface area contributed by atoms with Gasteiger partial charge in [-0.3, -0.25) is 0 Å². The van der Waals surface area contributed by atoms with Crippen molar-refractivity contribution in [1.82, 2.24) is 5.32 Å². The number of hydrogen-bond donors (Lipinski definition) is 1. The minimum absolute atomic E-state index is 0.172. The van der Waals surface area contributed by atoms with Gasteiger partial charge in [-0.15, -0.1) is 11.3 Å². The SMILES string of the molecule is CCNC(Cc1cc(F)ccc1Br)c1cc(Br)c(Br)s1. The maximum absolute atomic E-state index is 13.4. The summed E-state index contributed by atoms with van der Waals surface area (Å²) in [5.74, 6) is -0.202. The average Bonchev–Trinajstić information content (AvgIpc) is 2.73. The largest absolute Gasteiger partial charge is 0.309 e. The molecule has 0 fully saturated rings. The highest BCUT2D eigenvalue weighted by atomic mass is 79.9. The minimum Gasteiger partial charge on any atom is -0.309 e. The Balaban J connectivity index is 2.27. The van der Waals surface area contributed by atoms with E-state index in [1.807, 2.05) is 0 Å². The van der Waals surface area contributed by atoms with Gasteiger partial charge in [0.1, 0.15) is 5.82 Å². The summed E-state index contributed by atoms with van der Waals surface area (Å²) in [5.41, 5.74) is 0.969. The molecule has 0 radical (unpaired) electrons. The van der Waals surface area contributed by atoms with E-state index in [0.717, 1.165) is 31.3 Å². The average molecular weight is 486 g/mol. The molecule has 1 aromatic carbocycles. The van der Waals surface area contributed by atoms with E-state index in [1.165, 1.54) is 10.9 Å². The van der Waals surface area contributed by atoms with E-state index in [0.29, 0.717) is 0 Å². The van der Waals surface area contributed by atoms with Crippen LogP contribution in [0.1, 0.15) is 23.4 Å². The zero-order chi connectivity index (χ0) is 14.7. The number of likely N-dealkylation sites (N-methyl/N-ethyl adjacent to an activating group) is 1. The summed E-state index contributed by atoms with van der Waals surface area (Å²) < 4.78 is 16.5. The van der Waals surface area contributed by atoms with E-state index in [1.54, 1.807) is 23.5 Å². The van der Waals surface area contributed by atoms with E-state index in [2.05, 4.69) is 66.1 Å². The molecule has 1 N–H and O–H groups in total. The van der Waals surface area contributed by atoms with Gasteiger partial charge in [-0.25, -0.2) is 4.39 Å². The highest BCUT2D eigenvalue weighted by molar-refractivity contribution is 9.13. The molecule has 0 aliphatic carbocycles. The van der Waals surface area contributed by atoms with Crippen LogP contribution in [0.2, 0.25) is 0 Å². The van der Waals surface area contributed by atoms with Crippen molar-refractivity contribution < 1.29 is 4.39 Å². The first-order valence-electron chi connectivity index (χ1n) is 6.13. The quantitative estimate of drug-likeness (QED) is 0.542. The molecule has 1 unspecified atom stereocenters. The minimum atomic E-state index is -0.202. The molecule has 0 aliphatic rings. The monoisotopic (exact) mass is 483 g/mol. The second-order valence-corrected chi connectivity index (χ2v) is 8.43. The van der Waals surface area contributed by atoms with E-state index in [9.17, 15) is 4.39 Å². The maximum atomic E-state index is 13.4. The predicted octanol–water partition coefficient (Wildman–Crippen LogP) is 6.07. The van der Waals surface area contributed by atoms with Gasteiger partial charge in [0.2, 0.25) is 0 Å². The smallest absolute Gasteiger partial charge is 0.123 e. The van der Waals surface area contributed by atoms with Gasteiger partial charge in [-0.2, -0.15) is 0 Å². The van der Waals surface area contributed by atoms with Crippen molar-refractivity contribution in [2.24, 2.45) is 0 Å². The Kier molecular flexibility index (Phi) is 6.23. The van der Waals surface area contributed by atoms with Gasteiger partial charge in [0.25, 0.3) is 0 Å². The van der Waals surface area contributed by atoms with Crippen LogP contribution in [0.25, 0.3) is 0 Å². The zero-order valence-corrected chi connectivity index (χ0v) is 16.3. The highest BCUT2D eigenvalue weighted by Crippen LogP contribution is 2.37. The summed E-state index contributed by atoms with van der Waals surface area (Å²) >= 11 is 12.2. The molecule has 2 aromatic rings. The van der Waals surface area contributed by atoms with Gasteiger partial charge in [0.05, 0.1) is 3.79 Å². The third-order valence-electron chi connectivity index (χ3n) is 2.89. The molecule has 1 nitrogen and oxygen atoms in total. The Morgan fingerprint density at radius 2 is 1.95 bits per heavy atom. The molecule has 1 heterocycles. The number of thiophene rings is 1. The number of halogens is 4. The van der Waals surface area contributed by atoms with Crippen molar-refractivity contribution in [2.75, 3.05) is 6.54 Å². The van der Waals surface area contributed by atoms with Gasteiger partial charge < -0.3 is 5.32 Å². The molecule has 0 saturated heterocycles. The standard InChI is InChI=1S/C14H13Br3FNS/c1-2-19-12(13-7-11(16)14(17)20-13)6-8-5-9(18)3-4-10(8)15/h3-5,7,12,19H,2,6H2,1H3. The van der Waals surface area contributed by atoms with Crippen LogP contribution in [0.4, 0.5) is 4.39 Å². The van der Waals surface area contributed by atoms with Crippen molar-refractivity contribution in [3.8, 4) is 0 Å². The molecule has 1 atom stereocenters. The maximum Gasteiger partial charge on any atom is 0.123 e. The first-order chi connectivity index (χ1) is 9.51. The first-order valence-corrected chi connectivity index (χ1v) is 9.32. The lowest BCUT2D eigenvalue weighted by Crippen LogP contribution is -2.22. The molecular formula is C14H13Br3FNS. The van der Waals surface area contributed by atoms with Crippen LogP contribution in [0.15, 0.2) is 37.0 Å². The van der Waals surface area contributed by atoms with Crippen LogP contribution in [0.5, 0.6) is 0 Å². The second-order valence-electron chi connectivity index (χ2n) is 4.32. The van der Waals surface area contributed by atoms with Gasteiger partial charge in [-0.05, 0) is 74.7 Å². The molecule has 1 aromatic heterocycles. The fourth-order valence-electron chi connectivity index (χ4n) is 1.97. The molecule has 0 bridgehead atoms. The Labute approximate surface area is 147 Å². The van der Waals surface area contributed by atoms with E-state index >= 15 is 0 Å². The van der Waals surface area contributed by atoms with Crippen LogP contribution in [-0.4, -0.2) is 6.54 Å². The third-order valence-corrected chi connectivity index (χ3v) is 7.03. The lowest BCUT2D eigenvalue weighted by atomic mass is 10.0. The molecule has 0 aliphatic heterocycles. The summed E-state index contributed by atoms with van der Waals surface area (Å²) in [6, 6.07) is 7.09. The molecule has 108 valence electrons. The lowest BCUT2D eigenvalue weighted by Gasteiger charge is -2.17. The number of rotatable bonds is 5. The van der Waals surface area contributed by atoms with Crippen molar-refractivity contribution in [3.63, 3.8) is 0 Å². The van der Waals surface area contributed by atoms with E-state index in [4.69, 9.17) is 0 Å². The Morgan fingerprint density at radius 1 is 1.20 bits per heavy atom. The summed E-state index contributed by atoms with van der Waals surface area (Å²) in [4.78, 5) is 1.22. The molecule has 2 rings (SSSR count). The fourth-order valence-corrected chi connectivity index (χ4v) is 4.55. The van der Waals surface area contributed by atoms with Crippen LogP contribution in [0.3, 0.4) is 0 Å². The van der Waals surface area contributed by atoms with E-state index in [-0.39, 0.29) is 11.9 Å². The van der Waals surface area contributed by atoms with Crippen molar-refractivity contribution in [2.45, 2.75) is 19.4 Å². The zero-order valence-electron chi connectivity index (χ0n) is 10.7. The first kappa shape index (κ1) is 16.6. The van der Waals surface area contributed by atoms with Gasteiger partial charge in [-0.1, -0.05) is 22.9 Å². The summed E-state index contributed by atoms with van der Waals surface area (Å²) in [5, 5.41) is 3.46. The Hall–Kier alpha value is 0.250. The predicted molar refractivity (Wildman–Crippen MR) is 93.9 cm³/mol. The number of benzene rings is 1. The molecule has 6 heteroatoms. The van der Waals surface area contributed by atoms with Crippen molar-refractivity contribution in [3.05, 3.63) is 53.3 Å². The van der Waals surface area contributed by atoms with Gasteiger partial charge in [0.15, 0.2) is 0 Å².